The smallest absolute Gasteiger partial charge is 0.349 e. The van der Waals surface area contributed by atoms with Gasteiger partial charge in [0.25, 0.3) is 5.91 Å². The van der Waals surface area contributed by atoms with Gasteiger partial charge in [0.2, 0.25) is 0 Å². The molecule has 0 saturated heterocycles. The number of hydrogen-bond donors (Lipinski definition) is 1. The molecule has 1 N–H and O–H groups in total. The zero-order chi connectivity index (χ0) is 16.3. The second-order valence-corrected chi connectivity index (χ2v) is 7.63. The Kier molecular flexibility index (Phi) is 5.62. The lowest BCUT2D eigenvalue weighted by atomic mass is 9.78. The molecule has 1 heterocycles. The summed E-state index contributed by atoms with van der Waals surface area (Å²) in [6, 6.07) is 3.79. The number of carbonyl (C=O) groups is 2. The van der Waals surface area contributed by atoms with Crippen molar-refractivity contribution < 1.29 is 14.3 Å². The van der Waals surface area contributed by atoms with E-state index >= 15 is 0 Å². The van der Waals surface area contributed by atoms with Crippen LogP contribution in [-0.2, 0) is 9.53 Å². The van der Waals surface area contributed by atoms with E-state index in [1.54, 1.807) is 13.0 Å². The quantitative estimate of drug-likeness (QED) is 0.862. The summed E-state index contributed by atoms with van der Waals surface area (Å²) in [7, 11) is 0. The molecule has 0 spiro atoms. The molecule has 1 amide bonds. The highest BCUT2D eigenvalue weighted by molar-refractivity contribution is 7.13. The number of amides is 1. The van der Waals surface area contributed by atoms with Crippen molar-refractivity contribution in [3.63, 3.8) is 0 Å². The van der Waals surface area contributed by atoms with E-state index in [1.807, 2.05) is 13.0 Å². The molecule has 5 heteroatoms. The van der Waals surface area contributed by atoms with Crippen LogP contribution in [0.2, 0.25) is 0 Å². The van der Waals surface area contributed by atoms with Crippen molar-refractivity contribution in [3.05, 3.63) is 21.9 Å². The van der Waals surface area contributed by atoms with Crippen molar-refractivity contribution in [3.8, 4) is 0 Å². The van der Waals surface area contributed by atoms with Crippen molar-refractivity contribution in [1.82, 2.24) is 5.32 Å². The van der Waals surface area contributed by atoms with Crippen molar-refractivity contribution >= 4 is 23.2 Å². The first kappa shape index (κ1) is 17.0. The maximum atomic E-state index is 12.3. The van der Waals surface area contributed by atoms with E-state index < -0.39 is 12.1 Å². The summed E-state index contributed by atoms with van der Waals surface area (Å²) < 4.78 is 5.27. The van der Waals surface area contributed by atoms with Gasteiger partial charge in [-0.1, -0.05) is 26.7 Å². The van der Waals surface area contributed by atoms with Crippen molar-refractivity contribution in [2.24, 2.45) is 11.8 Å². The number of carbonyl (C=O) groups excluding carboxylic acids is 2. The van der Waals surface area contributed by atoms with Gasteiger partial charge in [-0.05, 0) is 44.2 Å². The third-order valence-electron chi connectivity index (χ3n) is 4.63. The molecule has 0 radical (unpaired) electrons. The van der Waals surface area contributed by atoms with E-state index in [9.17, 15) is 9.59 Å². The van der Waals surface area contributed by atoms with Crippen LogP contribution in [-0.4, -0.2) is 24.0 Å². The van der Waals surface area contributed by atoms with Crippen LogP contribution in [0.25, 0.3) is 0 Å². The van der Waals surface area contributed by atoms with Gasteiger partial charge in [0, 0.05) is 10.9 Å². The number of aryl methyl sites for hydroxylation is 1. The van der Waals surface area contributed by atoms with E-state index in [0.717, 1.165) is 17.7 Å². The zero-order valence-electron chi connectivity index (χ0n) is 13.7. The van der Waals surface area contributed by atoms with Gasteiger partial charge >= 0.3 is 5.97 Å². The number of nitrogens with one attached hydrogen (secondary N) is 1. The highest BCUT2D eigenvalue weighted by Crippen LogP contribution is 2.29. The van der Waals surface area contributed by atoms with E-state index in [2.05, 4.69) is 19.2 Å². The van der Waals surface area contributed by atoms with Crippen molar-refractivity contribution in [2.45, 2.75) is 59.1 Å². The minimum absolute atomic E-state index is 0.182. The first-order valence-corrected chi connectivity index (χ1v) is 8.78. The lowest BCUT2D eigenvalue weighted by molar-refractivity contribution is -0.130. The first-order valence-electron chi connectivity index (χ1n) is 7.96. The molecule has 0 unspecified atom stereocenters. The summed E-state index contributed by atoms with van der Waals surface area (Å²) in [4.78, 5) is 25.8. The molecule has 1 fully saturated rings. The fourth-order valence-corrected chi connectivity index (χ4v) is 3.65. The Balaban J connectivity index is 1.88. The number of esters is 1. The topological polar surface area (TPSA) is 55.4 Å². The van der Waals surface area contributed by atoms with Crippen LogP contribution in [0, 0.1) is 18.8 Å². The molecule has 1 aliphatic rings. The molecule has 0 aromatic carbocycles. The van der Waals surface area contributed by atoms with Gasteiger partial charge in [-0.15, -0.1) is 11.3 Å². The van der Waals surface area contributed by atoms with E-state index in [4.69, 9.17) is 4.74 Å². The zero-order valence-corrected chi connectivity index (χ0v) is 14.5. The molecule has 1 aromatic heterocycles. The Morgan fingerprint density at radius 3 is 2.68 bits per heavy atom. The number of rotatable bonds is 4. The molecule has 0 aliphatic heterocycles. The molecule has 0 bridgehead atoms. The van der Waals surface area contributed by atoms with Crippen molar-refractivity contribution in [2.75, 3.05) is 0 Å². The first-order chi connectivity index (χ1) is 10.4. The summed E-state index contributed by atoms with van der Waals surface area (Å²) in [5, 5.41) is 3.05. The van der Waals surface area contributed by atoms with Gasteiger partial charge < -0.3 is 10.1 Å². The second kappa shape index (κ2) is 7.27. The Labute approximate surface area is 136 Å². The number of hydrogen-bond acceptors (Lipinski definition) is 4. The standard InChI is InChI=1S/C17H25NO3S/c1-10-6-5-7-14(12(10)3)18-16(19)13(4)21-17(20)15-9-8-11(2)22-15/h8-10,12-14H,5-7H2,1-4H3,(H,18,19)/t10-,12-,13+,14-/m0/s1. The SMILES string of the molecule is Cc1ccc(C(=O)O[C@H](C)C(=O)N[C@H]2CCC[C@H](C)[C@@H]2C)s1. The maximum absolute atomic E-state index is 12.3. The molecule has 122 valence electrons. The molecular weight excluding hydrogens is 298 g/mol. The highest BCUT2D eigenvalue weighted by Gasteiger charge is 2.30. The Morgan fingerprint density at radius 2 is 2.05 bits per heavy atom. The largest absolute Gasteiger partial charge is 0.448 e. The summed E-state index contributed by atoms with van der Waals surface area (Å²) in [5.74, 6) is 0.449. The predicted octanol–water partition coefficient (Wildman–Crippen LogP) is 3.54. The predicted molar refractivity (Wildman–Crippen MR) is 88.0 cm³/mol. The molecule has 1 aromatic rings. The molecule has 4 nitrogen and oxygen atoms in total. The molecule has 1 aliphatic carbocycles. The van der Waals surface area contributed by atoms with E-state index in [1.165, 1.54) is 17.8 Å². The van der Waals surface area contributed by atoms with Gasteiger partial charge in [0.05, 0.1) is 0 Å². The minimum atomic E-state index is -0.765. The van der Waals surface area contributed by atoms with Gasteiger partial charge in [0.1, 0.15) is 4.88 Å². The summed E-state index contributed by atoms with van der Waals surface area (Å²) in [6.45, 7) is 7.97. The molecule has 22 heavy (non-hydrogen) atoms. The van der Waals surface area contributed by atoms with Crippen LogP contribution in [0.5, 0.6) is 0 Å². The molecular formula is C17H25NO3S. The molecule has 1 saturated carbocycles. The third kappa shape index (κ3) is 4.09. The van der Waals surface area contributed by atoms with Gasteiger partial charge in [-0.25, -0.2) is 4.79 Å². The van der Waals surface area contributed by atoms with Crippen molar-refractivity contribution in [1.29, 1.82) is 0 Å². The van der Waals surface area contributed by atoms with Crippen LogP contribution in [0.3, 0.4) is 0 Å². The maximum Gasteiger partial charge on any atom is 0.349 e. The van der Waals surface area contributed by atoms with Crippen LogP contribution in [0.4, 0.5) is 0 Å². The molecule has 2 rings (SSSR count). The lowest BCUT2D eigenvalue weighted by Gasteiger charge is -2.35. The second-order valence-electron chi connectivity index (χ2n) is 6.34. The van der Waals surface area contributed by atoms with Crippen LogP contribution in [0.15, 0.2) is 12.1 Å². The fourth-order valence-electron chi connectivity index (χ4n) is 2.90. The third-order valence-corrected chi connectivity index (χ3v) is 5.61. The van der Waals surface area contributed by atoms with Crippen LogP contribution in [0.1, 0.15) is 54.6 Å². The average molecular weight is 323 g/mol. The average Bonchev–Trinajstić information content (AvgIpc) is 2.90. The monoisotopic (exact) mass is 323 g/mol. The van der Waals surface area contributed by atoms with E-state index in [-0.39, 0.29) is 11.9 Å². The van der Waals surface area contributed by atoms with Crippen LogP contribution < -0.4 is 5.32 Å². The highest BCUT2D eigenvalue weighted by atomic mass is 32.1. The van der Waals surface area contributed by atoms with Gasteiger partial charge in [0.15, 0.2) is 6.10 Å². The summed E-state index contributed by atoms with van der Waals surface area (Å²) >= 11 is 1.38. The summed E-state index contributed by atoms with van der Waals surface area (Å²) in [6.07, 6.45) is 2.59. The number of ether oxygens (including phenoxy) is 1. The summed E-state index contributed by atoms with van der Waals surface area (Å²) in [5.41, 5.74) is 0. The minimum Gasteiger partial charge on any atom is -0.448 e. The lowest BCUT2D eigenvalue weighted by Crippen LogP contribution is -2.47. The Bertz CT molecular complexity index is 540. The van der Waals surface area contributed by atoms with Gasteiger partial charge in [-0.2, -0.15) is 0 Å². The van der Waals surface area contributed by atoms with Gasteiger partial charge in [-0.3, -0.25) is 4.79 Å². The Hall–Kier alpha value is -1.36. The molecule has 4 atom stereocenters. The number of thiophene rings is 1. The van der Waals surface area contributed by atoms with Crippen LogP contribution >= 0.6 is 11.3 Å². The Morgan fingerprint density at radius 1 is 1.32 bits per heavy atom. The fraction of sp³-hybridized carbons (Fsp3) is 0.647. The van der Waals surface area contributed by atoms with E-state index in [0.29, 0.717) is 16.7 Å². The normalized spacial score (nSPS) is 26.3.